The van der Waals surface area contributed by atoms with Crippen molar-refractivity contribution in [3.05, 3.63) is 29.8 Å². The highest BCUT2D eigenvalue weighted by molar-refractivity contribution is 5.82. The fraction of sp³-hybridized carbons (Fsp3) is 0.588. The van der Waals surface area contributed by atoms with E-state index in [0.717, 1.165) is 37.0 Å². The van der Waals surface area contributed by atoms with Crippen molar-refractivity contribution in [1.82, 2.24) is 5.32 Å². The Hall–Kier alpha value is -1.51. The molecular weight excluding hydrogens is 250 g/mol. The second-order valence-corrected chi connectivity index (χ2v) is 6.73. The topological polar surface area (TPSA) is 38.3 Å². The fourth-order valence-electron chi connectivity index (χ4n) is 2.79. The van der Waals surface area contributed by atoms with Crippen LogP contribution < -0.4 is 10.1 Å². The monoisotopic (exact) mass is 275 g/mol. The first-order valence-corrected chi connectivity index (χ1v) is 7.34. The highest BCUT2D eigenvalue weighted by atomic mass is 16.5. The first-order valence-electron chi connectivity index (χ1n) is 7.34. The molecule has 0 radical (unpaired) electrons. The van der Waals surface area contributed by atoms with Crippen molar-refractivity contribution in [2.45, 2.75) is 52.0 Å². The van der Waals surface area contributed by atoms with Crippen LogP contribution in [0.25, 0.3) is 0 Å². The van der Waals surface area contributed by atoms with Gasteiger partial charge in [-0.05, 0) is 30.5 Å². The first-order chi connectivity index (χ1) is 9.37. The molecule has 1 aliphatic carbocycles. The van der Waals surface area contributed by atoms with Gasteiger partial charge in [0.05, 0.1) is 12.6 Å². The van der Waals surface area contributed by atoms with Gasteiger partial charge >= 0.3 is 0 Å². The van der Waals surface area contributed by atoms with Gasteiger partial charge in [-0.3, -0.25) is 4.79 Å². The van der Waals surface area contributed by atoms with E-state index in [9.17, 15) is 4.79 Å². The molecule has 0 unspecified atom stereocenters. The molecule has 1 saturated carbocycles. The second-order valence-electron chi connectivity index (χ2n) is 6.73. The average molecular weight is 275 g/mol. The van der Waals surface area contributed by atoms with Crippen LogP contribution in [-0.4, -0.2) is 13.0 Å². The van der Waals surface area contributed by atoms with Gasteiger partial charge in [-0.25, -0.2) is 0 Å². The van der Waals surface area contributed by atoms with E-state index in [-0.39, 0.29) is 16.9 Å². The van der Waals surface area contributed by atoms with Crippen LogP contribution in [-0.2, 0) is 10.3 Å². The lowest BCUT2D eigenvalue weighted by molar-refractivity contribution is -0.130. The van der Waals surface area contributed by atoms with Crippen LogP contribution in [0.15, 0.2) is 24.3 Å². The summed E-state index contributed by atoms with van der Waals surface area (Å²) < 4.78 is 5.32. The summed E-state index contributed by atoms with van der Waals surface area (Å²) in [5.74, 6) is 0.959. The molecule has 0 heterocycles. The van der Waals surface area contributed by atoms with Crippen LogP contribution in [0.1, 0.15) is 52.0 Å². The summed E-state index contributed by atoms with van der Waals surface area (Å²) in [6.07, 6.45) is 4.31. The van der Waals surface area contributed by atoms with Crippen molar-refractivity contribution in [1.29, 1.82) is 0 Å². The fourth-order valence-corrected chi connectivity index (χ4v) is 2.79. The summed E-state index contributed by atoms with van der Waals surface area (Å²) in [6.45, 7) is 5.86. The number of ether oxygens (including phenoxy) is 1. The SMILES string of the molecule is COc1cccc(C2(NC(=O)C(C)(C)C)CCCC2)c1. The molecule has 1 aromatic rings. The quantitative estimate of drug-likeness (QED) is 0.915. The molecular formula is C17H25NO2. The Morgan fingerprint density at radius 3 is 2.45 bits per heavy atom. The molecule has 0 saturated heterocycles. The third kappa shape index (κ3) is 2.97. The largest absolute Gasteiger partial charge is 0.497 e. The lowest BCUT2D eigenvalue weighted by Crippen LogP contribution is -2.48. The molecule has 0 bridgehead atoms. The molecule has 1 aliphatic rings. The van der Waals surface area contributed by atoms with Gasteiger partial charge in [0.2, 0.25) is 5.91 Å². The van der Waals surface area contributed by atoms with Gasteiger partial charge in [0.1, 0.15) is 5.75 Å². The summed E-state index contributed by atoms with van der Waals surface area (Å²) in [4.78, 5) is 12.4. The zero-order chi connectivity index (χ0) is 14.8. The maximum Gasteiger partial charge on any atom is 0.226 e. The minimum atomic E-state index is -0.367. The zero-order valence-electron chi connectivity index (χ0n) is 13.0. The molecule has 1 fully saturated rings. The van der Waals surface area contributed by atoms with Crippen LogP contribution in [0.4, 0.5) is 0 Å². The van der Waals surface area contributed by atoms with Crippen LogP contribution >= 0.6 is 0 Å². The summed E-state index contributed by atoms with van der Waals surface area (Å²) in [5, 5.41) is 3.31. The standard InChI is InChI=1S/C17H25NO2/c1-16(2,3)15(19)18-17(10-5-6-11-17)13-8-7-9-14(12-13)20-4/h7-9,12H,5-6,10-11H2,1-4H3,(H,18,19). The van der Waals surface area contributed by atoms with E-state index in [2.05, 4.69) is 11.4 Å². The number of hydrogen-bond acceptors (Lipinski definition) is 2. The summed E-state index contributed by atoms with van der Waals surface area (Å²) in [6, 6.07) is 8.08. The molecule has 0 aromatic heterocycles. The number of nitrogens with one attached hydrogen (secondary N) is 1. The van der Waals surface area contributed by atoms with Crippen molar-refractivity contribution in [3.8, 4) is 5.75 Å². The minimum absolute atomic E-state index is 0.113. The Morgan fingerprint density at radius 2 is 1.90 bits per heavy atom. The molecule has 3 nitrogen and oxygen atoms in total. The number of amides is 1. The van der Waals surface area contributed by atoms with Crippen LogP contribution in [0.5, 0.6) is 5.75 Å². The molecule has 1 amide bonds. The number of methoxy groups -OCH3 is 1. The molecule has 1 N–H and O–H groups in total. The molecule has 1 aromatic carbocycles. The molecule has 0 aliphatic heterocycles. The highest BCUT2D eigenvalue weighted by Gasteiger charge is 2.39. The molecule has 3 heteroatoms. The van der Waals surface area contributed by atoms with E-state index in [4.69, 9.17) is 4.74 Å². The van der Waals surface area contributed by atoms with E-state index in [1.54, 1.807) is 7.11 Å². The summed E-state index contributed by atoms with van der Waals surface area (Å²) in [7, 11) is 1.67. The molecule has 20 heavy (non-hydrogen) atoms. The summed E-state index contributed by atoms with van der Waals surface area (Å²) in [5.41, 5.74) is 0.569. The number of carbonyl (C=O) groups is 1. The molecule has 2 rings (SSSR count). The van der Waals surface area contributed by atoms with E-state index in [1.807, 2.05) is 39.0 Å². The van der Waals surface area contributed by atoms with Gasteiger partial charge < -0.3 is 10.1 Å². The number of benzene rings is 1. The third-order valence-corrected chi connectivity index (χ3v) is 4.11. The van der Waals surface area contributed by atoms with Gasteiger partial charge in [-0.1, -0.05) is 45.7 Å². The van der Waals surface area contributed by atoms with Gasteiger partial charge in [-0.2, -0.15) is 0 Å². The maximum absolute atomic E-state index is 12.4. The number of rotatable bonds is 3. The zero-order valence-corrected chi connectivity index (χ0v) is 13.0. The molecule has 110 valence electrons. The third-order valence-electron chi connectivity index (χ3n) is 4.11. The molecule has 0 spiro atoms. The van der Waals surface area contributed by atoms with E-state index in [0.29, 0.717) is 0 Å². The van der Waals surface area contributed by atoms with Crippen molar-refractivity contribution in [2.24, 2.45) is 5.41 Å². The van der Waals surface area contributed by atoms with E-state index in [1.165, 1.54) is 0 Å². The van der Waals surface area contributed by atoms with Gasteiger partial charge in [0, 0.05) is 5.41 Å². The van der Waals surface area contributed by atoms with Crippen molar-refractivity contribution < 1.29 is 9.53 Å². The van der Waals surface area contributed by atoms with Crippen molar-refractivity contribution in [2.75, 3.05) is 7.11 Å². The van der Waals surface area contributed by atoms with E-state index < -0.39 is 0 Å². The Kier molecular flexibility index (Phi) is 4.07. The normalized spacial score (nSPS) is 17.8. The predicted octanol–water partition coefficient (Wildman–Crippen LogP) is 3.63. The Labute approximate surface area is 121 Å². The Morgan fingerprint density at radius 1 is 1.25 bits per heavy atom. The van der Waals surface area contributed by atoms with Gasteiger partial charge in [0.15, 0.2) is 0 Å². The average Bonchev–Trinajstić information content (AvgIpc) is 2.87. The smallest absolute Gasteiger partial charge is 0.226 e. The molecule has 0 atom stereocenters. The van der Waals surface area contributed by atoms with Crippen LogP contribution in [0.2, 0.25) is 0 Å². The van der Waals surface area contributed by atoms with Crippen LogP contribution in [0, 0.1) is 5.41 Å². The van der Waals surface area contributed by atoms with Crippen LogP contribution in [0.3, 0.4) is 0 Å². The van der Waals surface area contributed by atoms with Gasteiger partial charge in [0.25, 0.3) is 0 Å². The predicted molar refractivity (Wildman–Crippen MR) is 80.7 cm³/mol. The second kappa shape index (κ2) is 5.47. The maximum atomic E-state index is 12.4. The number of hydrogen-bond donors (Lipinski definition) is 1. The van der Waals surface area contributed by atoms with Crippen molar-refractivity contribution in [3.63, 3.8) is 0 Å². The van der Waals surface area contributed by atoms with Gasteiger partial charge in [-0.15, -0.1) is 0 Å². The highest BCUT2D eigenvalue weighted by Crippen LogP contribution is 2.40. The lowest BCUT2D eigenvalue weighted by atomic mass is 9.85. The van der Waals surface area contributed by atoms with E-state index >= 15 is 0 Å². The van der Waals surface area contributed by atoms with Crippen molar-refractivity contribution >= 4 is 5.91 Å². The first kappa shape index (κ1) is 14.9. The Bertz CT molecular complexity index is 482. The number of carbonyl (C=O) groups excluding carboxylic acids is 1. The lowest BCUT2D eigenvalue weighted by Gasteiger charge is -2.34. The Balaban J connectivity index is 2.32. The minimum Gasteiger partial charge on any atom is -0.497 e. The summed E-state index contributed by atoms with van der Waals surface area (Å²) >= 11 is 0.